The lowest BCUT2D eigenvalue weighted by atomic mass is 9.78. The van der Waals surface area contributed by atoms with Crippen LogP contribution in [0.5, 0.6) is 5.75 Å². The average Bonchev–Trinajstić information content (AvgIpc) is 2.73. The third kappa shape index (κ3) is 3.23. The van der Waals surface area contributed by atoms with E-state index in [9.17, 15) is 9.18 Å². The number of rotatable bonds is 3. The number of benzene rings is 1. The molecule has 3 atom stereocenters. The van der Waals surface area contributed by atoms with Crippen molar-refractivity contribution in [1.29, 1.82) is 0 Å². The zero-order valence-corrected chi connectivity index (χ0v) is 16.3. The number of fused-ring (bicyclic) bond motifs is 2. The molecule has 29 heavy (non-hydrogen) atoms. The second kappa shape index (κ2) is 7.44. The van der Waals surface area contributed by atoms with E-state index in [1.165, 1.54) is 6.20 Å². The molecule has 152 valence electrons. The summed E-state index contributed by atoms with van der Waals surface area (Å²) in [4.78, 5) is 22.5. The first-order valence-electron chi connectivity index (χ1n) is 9.49. The number of hydrogen-bond donors (Lipinski definition) is 1. The molecule has 2 aromatic rings. The Labute approximate surface area is 168 Å². The first-order valence-corrected chi connectivity index (χ1v) is 9.49. The lowest BCUT2D eigenvalue weighted by molar-refractivity contribution is -0.137. The minimum atomic E-state index is -1.39. The predicted molar refractivity (Wildman–Crippen MR) is 106 cm³/mol. The molecule has 1 aromatic carbocycles. The standard InChI is InChI=1S/C21H23FN4O3/c1-26(2)20(23)25-21(12-27)15-11-13(14-5-3-9-24-19(14)22)7-8-16(15)29-17-6-4-10-28-18(17)21/h3,5,7-9,11-12,17-18H,4,6,10H2,1-2H3,(H2,23,25). The van der Waals surface area contributed by atoms with Crippen LogP contribution in [0.1, 0.15) is 18.4 Å². The first-order chi connectivity index (χ1) is 14.0. The third-order valence-electron chi connectivity index (χ3n) is 5.40. The molecule has 7 nitrogen and oxygen atoms in total. The highest BCUT2D eigenvalue weighted by Gasteiger charge is 2.53. The largest absolute Gasteiger partial charge is 0.487 e. The fourth-order valence-electron chi connectivity index (χ4n) is 3.89. The van der Waals surface area contributed by atoms with Crippen LogP contribution < -0.4 is 10.5 Å². The second-order valence-corrected chi connectivity index (χ2v) is 7.45. The number of aromatic nitrogens is 1. The number of carbonyl (C=O) groups is 1. The van der Waals surface area contributed by atoms with Crippen molar-refractivity contribution < 1.29 is 18.7 Å². The predicted octanol–water partition coefficient (Wildman–Crippen LogP) is 2.10. The normalized spacial score (nSPS) is 26.1. The van der Waals surface area contributed by atoms with Gasteiger partial charge in [0.05, 0.1) is 0 Å². The van der Waals surface area contributed by atoms with Crippen LogP contribution in [0, 0.1) is 5.95 Å². The lowest BCUT2D eigenvalue weighted by Crippen LogP contribution is -2.56. The average molecular weight is 398 g/mol. The van der Waals surface area contributed by atoms with Gasteiger partial charge in [-0.15, -0.1) is 0 Å². The zero-order chi connectivity index (χ0) is 20.6. The van der Waals surface area contributed by atoms with Crippen molar-refractivity contribution in [3.63, 3.8) is 0 Å². The number of guanidine groups is 1. The summed E-state index contributed by atoms with van der Waals surface area (Å²) in [6.07, 6.45) is 2.79. The van der Waals surface area contributed by atoms with Gasteiger partial charge in [0.15, 0.2) is 17.8 Å². The number of aldehydes is 1. The van der Waals surface area contributed by atoms with Crippen molar-refractivity contribution in [3.8, 4) is 16.9 Å². The molecule has 4 rings (SSSR count). The molecule has 2 aliphatic rings. The summed E-state index contributed by atoms with van der Waals surface area (Å²) in [6, 6.07) is 8.49. The Morgan fingerprint density at radius 2 is 2.24 bits per heavy atom. The van der Waals surface area contributed by atoms with Gasteiger partial charge in [0.2, 0.25) is 5.95 Å². The summed E-state index contributed by atoms with van der Waals surface area (Å²) in [5.74, 6) is 0.118. The minimum Gasteiger partial charge on any atom is -0.487 e. The smallest absolute Gasteiger partial charge is 0.220 e. The van der Waals surface area contributed by atoms with Crippen molar-refractivity contribution in [3.05, 3.63) is 48.0 Å². The maximum Gasteiger partial charge on any atom is 0.220 e. The van der Waals surface area contributed by atoms with Gasteiger partial charge in [-0.05, 0) is 42.7 Å². The molecule has 0 saturated carbocycles. The van der Waals surface area contributed by atoms with Crippen LogP contribution in [-0.4, -0.2) is 55.0 Å². The van der Waals surface area contributed by atoms with Crippen LogP contribution in [0.15, 0.2) is 41.5 Å². The highest BCUT2D eigenvalue weighted by Crippen LogP contribution is 2.46. The van der Waals surface area contributed by atoms with Crippen LogP contribution in [0.2, 0.25) is 0 Å². The minimum absolute atomic E-state index is 0.191. The summed E-state index contributed by atoms with van der Waals surface area (Å²) in [5, 5.41) is 0. The Bertz CT molecular complexity index is 965. The molecule has 0 bridgehead atoms. The summed E-state index contributed by atoms with van der Waals surface area (Å²) in [6.45, 7) is 0.504. The van der Waals surface area contributed by atoms with E-state index in [1.807, 2.05) is 0 Å². The zero-order valence-electron chi connectivity index (χ0n) is 16.3. The summed E-state index contributed by atoms with van der Waals surface area (Å²) in [7, 11) is 3.50. The molecular weight excluding hydrogens is 375 g/mol. The van der Waals surface area contributed by atoms with E-state index in [2.05, 4.69) is 9.98 Å². The summed E-state index contributed by atoms with van der Waals surface area (Å²) >= 11 is 0. The molecule has 1 aromatic heterocycles. The quantitative estimate of drug-likeness (QED) is 0.369. The molecule has 3 unspecified atom stereocenters. The molecule has 1 saturated heterocycles. The van der Waals surface area contributed by atoms with E-state index in [1.54, 1.807) is 49.3 Å². The number of aliphatic imine (C=N–C) groups is 1. The molecule has 2 N–H and O–H groups in total. The molecule has 0 aliphatic carbocycles. The van der Waals surface area contributed by atoms with Crippen molar-refractivity contribution >= 4 is 12.2 Å². The van der Waals surface area contributed by atoms with E-state index < -0.39 is 17.6 Å². The topological polar surface area (TPSA) is 90.0 Å². The Morgan fingerprint density at radius 3 is 2.97 bits per heavy atom. The van der Waals surface area contributed by atoms with Crippen LogP contribution in [0.4, 0.5) is 4.39 Å². The van der Waals surface area contributed by atoms with Gasteiger partial charge in [0, 0.05) is 38.0 Å². The second-order valence-electron chi connectivity index (χ2n) is 7.45. The number of carbonyl (C=O) groups excluding carboxylic acids is 1. The Hall–Kier alpha value is -3.00. The lowest BCUT2D eigenvalue weighted by Gasteiger charge is -2.45. The van der Waals surface area contributed by atoms with E-state index in [0.717, 1.165) is 19.1 Å². The van der Waals surface area contributed by atoms with Crippen molar-refractivity contribution in [2.24, 2.45) is 10.7 Å². The molecule has 0 amide bonds. The van der Waals surface area contributed by atoms with Gasteiger partial charge in [-0.2, -0.15) is 4.39 Å². The monoisotopic (exact) mass is 398 g/mol. The van der Waals surface area contributed by atoms with Gasteiger partial charge in [-0.1, -0.05) is 6.07 Å². The molecule has 1 fully saturated rings. The molecular formula is C21H23FN4O3. The Kier molecular flexibility index (Phi) is 4.96. The number of ether oxygens (including phenoxy) is 2. The number of pyridine rings is 1. The van der Waals surface area contributed by atoms with E-state index >= 15 is 0 Å². The van der Waals surface area contributed by atoms with Gasteiger partial charge in [-0.25, -0.2) is 9.98 Å². The summed E-state index contributed by atoms with van der Waals surface area (Å²) < 4.78 is 26.4. The Balaban J connectivity index is 1.93. The van der Waals surface area contributed by atoms with E-state index in [-0.39, 0.29) is 12.1 Å². The fraction of sp³-hybridized carbons (Fsp3) is 0.381. The van der Waals surface area contributed by atoms with Crippen molar-refractivity contribution in [2.45, 2.75) is 30.6 Å². The maximum atomic E-state index is 14.3. The van der Waals surface area contributed by atoms with Gasteiger partial charge >= 0.3 is 0 Å². The van der Waals surface area contributed by atoms with Gasteiger partial charge in [0.1, 0.15) is 18.0 Å². The first kappa shape index (κ1) is 19.3. The van der Waals surface area contributed by atoms with Crippen LogP contribution in [0.25, 0.3) is 11.1 Å². The highest BCUT2D eigenvalue weighted by molar-refractivity contribution is 5.84. The molecule has 2 aliphatic heterocycles. The highest BCUT2D eigenvalue weighted by atomic mass is 19.1. The third-order valence-corrected chi connectivity index (χ3v) is 5.40. The molecule has 0 radical (unpaired) electrons. The molecule has 3 heterocycles. The number of nitrogens with zero attached hydrogens (tertiary/aromatic N) is 3. The maximum absolute atomic E-state index is 14.3. The van der Waals surface area contributed by atoms with Crippen LogP contribution in [-0.2, 0) is 15.1 Å². The van der Waals surface area contributed by atoms with Gasteiger partial charge in [-0.3, -0.25) is 0 Å². The van der Waals surface area contributed by atoms with Crippen LogP contribution >= 0.6 is 0 Å². The molecule has 0 spiro atoms. The number of hydrogen-bond acceptors (Lipinski definition) is 5. The molecule has 8 heteroatoms. The van der Waals surface area contributed by atoms with Crippen molar-refractivity contribution in [2.75, 3.05) is 20.7 Å². The van der Waals surface area contributed by atoms with Crippen molar-refractivity contribution in [1.82, 2.24) is 9.88 Å². The number of nitrogens with two attached hydrogens (primary N) is 1. The Morgan fingerprint density at radius 1 is 1.41 bits per heavy atom. The van der Waals surface area contributed by atoms with E-state index in [0.29, 0.717) is 29.0 Å². The van der Waals surface area contributed by atoms with E-state index in [4.69, 9.17) is 15.2 Å². The SMILES string of the molecule is CN(C)C(N)=NC1(C=O)c2cc(-c3cccnc3F)ccc2OC2CCCOC21. The fourth-order valence-corrected chi connectivity index (χ4v) is 3.89. The van der Waals surface area contributed by atoms with Gasteiger partial charge in [0.25, 0.3) is 0 Å². The summed E-state index contributed by atoms with van der Waals surface area (Å²) in [5.41, 5.74) is 6.12. The van der Waals surface area contributed by atoms with Crippen LogP contribution in [0.3, 0.4) is 0 Å². The number of halogens is 1. The van der Waals surface area contributed by atoms with Gasteiger partial charge < -0.3 is 24.9 Å².